The summed E-state index contributed by atoms with van der Waals surface area (Å²) in [6, 6.07) is 41.3. The minimum atomic E-state index is -0.569. The van der Waals surface area contributed by atoms with E-state index >= 15 is 0 Å². The van der Waals surface area contributed by atoms with Crippen LogP contribution in [0.4, 0.5) is 11.4 Å². The normalized spacial score (nSPS) is 12.0. The molecule has 0 bridgehead atoms. The monoisotopic (exact) mass is 664 g/mol. The van der Waals surface area contributed by atoms with E-state index in [1.54, 1.807) is 36.4 Å². The molecule has 1 aromatic heterocycles. The van der Waals surface area contributed by atoms with Crippen LogP contribution in [0.15, 0.2) is 150 Å². The van der Waals surface area contributed by atoms with E-state index in [4.69, 9.17) is 0 Å². The molecule has 0 spiro atoms. The number of amides is 3. The first-order valence-corrected chi connectivity index (χ1v) is 16.9. The second-order valence-corrected chi connectivity index (χ2v) is 13.0. The first kappa shape index (κ1) is 33.1. The van der Waals surface area contributed by atoms with Crippen LogP contribution in [-0.4, -0.2) is 22.7 Å². The highest BCUT2D eigenvalue weighted by atomic mass is 32.2. The lowest BCUT2D eigenvalue weighted by Crippen LogP contribution is -2.30. The summed E-state index contributed by atoms with van der Waals surface area (Å²) in [5.41, 5.74) is 5.49. The number of carbonyl (C=O) groups excluding carboxylic acids is 3. The highest BCUT2D eigenvalue weighted by Crippen LogP contribution is 2.37. The third-order valence-electron chi connectivity index (χ3n) is 7.95. The molecule has 244 valence electrons. The van der Waals surface area contributed by atoms with Crippen LogP contribution < -0.4 is 16.0 Å². The Bertz CT molecular complexity index is 2110. The molecule has 49 heavy (non-hydrogen) atoms. The highest BCUT2D eigenvalue weighted by molar-refractivity contribution is 8.00. The van der Waals surface area contributed by atoms with Crippen LogP contribution in [0.1, 0.15) is 52.1 Å². The maximum absolute atomic E-state index is 13.7. The van der Waals surface area contributed by atoms with Crippen molar-refractivity contribution in [1.29, 1.82) is 0 Å². The number of fused-ring (bicyclic) bond motifs is 1. The second kappa shape index (κ2) is 15.4. The number of carbonyl (C=O) groups is 3. The number of aromatic amines is 1. The van der Waals surface area contributed by atoms with Gasteiger partial charge in [-0.2, -0.15) is 0 Å². The number of aromatic nitrogens is 1. The summed E-state index contributed by atoms with van der Waals surface area (Å²) in [4.78, 5) is 44.6. The fourth-order valence-corrected chi connectivity index (χ4v) is 6.39. The SMILES string of the molecule is CC(C)c1ccc(/C=C(/NC(=O)c2ccccc2)C(=O)Nc2cccc(SC(C(=O)Nc3ccc4cc[nH]c4c3)c3ccccc3)c2)cc1. The molecule has 1 heterocycles. The number of hydrogen-bond donors (Lipinski definition) is 4. The Morgan fingerprint density at radius 3 is 2.14 bits per heavy atom. The van der Waals surface area contributed by atoms with Crippen LogP contribution in [0.2, 0.25) is 0 Å². The number of benzene rings is 5. The van der Waals surface area contributed by atoms with Gasteiger partial charge in [0.05, 0.1) is 0 Å². The molecule has 0 radical (unpaired) electrons. The lowest BCUT2D eigenvalue weighted by Gasteiger charge is -2.18. The topological polar surface area (TPSA) is 103 Å². The second-order valence-electron chi connectivity index (χ2n) is 11.9. The van der Waals surface area contributed by atoms with Crippen LogP contribution in [0.25, 0.3) is 17.0 Å². The van der Waals surface area contributed by atoms with Gasteiger partial charge in [0, 0.05) is 33.5 Å². The summed E-state index contributed by atoms with van der Waals surface area (Å²) in [6.07, 6.45) is 3.53. The van der Waals surface area contributed by atoms with Gasteiger partial charge in [0.25, 0.3) is 11.8 Å². The maximum Gasteiger partial charge on any atom is 0.272 e. The quantitative estimate of drug-likeness (QED) is 0.0819. The largest absolute Gasteiger partial charge is 0.361 e. The molecule has 1 unspecified atom stereocenters. The molecule has 0 fully saturated rings. The summed E-state index contributed by atoms with van der Waals surface area (Å²) in [6.45, 7) is 4.24. The molecule has 0 aliphatic rings. The summed E-state index contributed by atoms with van der Waals surface area (Å²) in [5.74, 6) is -0.673. The number of hydrogen-bond acceptors (Lipinski definition) is 4. The molecular weight excluding hydrogens is 629 g/mol. The van der Waals surface area contributed by atoms with E-state index in [0.29, 0.717) is 22.9 Å². The fourth-order valence-electron chi connectivity index (χ4n) is 5.30. The Balaban J connectivity index is 1.23. The van der Waals surface area contributed by atoms with Crippen LogP contribution in [0, 0.1) is 0 Å². The standard InChI is InChI=1S/C41H36N4O3S/c1-27(2)29-18-16-28(17-19-29)24-37(45-39(46)32-12-7-4-8-13-32)40(47)43-33-14-9-15-35(25-33)49-38(31-10-5-3-6-11-31)41(48)44-34-21-20-30-22-23-42-36(30)26-34/h3-27,38,42H,1-2H3,(H,43,47)(H,44,48)(H,45,46)/b37-24+. The molecule has 6 rings (SSSR count). The Kier molecular flexibility index (Phi) is 10.4. The summed E-state index contributed by atoms with van der Waals surface area (Å²) < 4.78 is 0. The van der Waals surface area contributed by atoms with Gasteiger partial charge in [-0.25, -0.2) is 0 Å². The Hall–Kier alpha value is -5.86. The highest BCUT2D eigenvalue weighted by Gasteiger charge is 2.23. The lowest BCUT2D eigenvalue weighted by molar-refractivity contribution is -0.116. The predicted octanol–water partition coefficient (Wildman–Crippen LogP) is 9.17. The minimum Gasteiger partial charge on any atom is -0.361 e. The van der Waals surface area contributed by atoms with E-state index in [1.165, 1.54) is 17.3 Å². The van der Waals surface area contributed by atoms with Gasteiger partial charge in [-0.15, -0.1) is 11.8 Å². The van der Waals surface area contributed by atoms with Crippen molar-refractivity contribution in [1.82, 2.24) is 10.3 Å². The first-order valence-electron chi connectivity index (χ1n) is 16.0. The number of rotatable bonds is 11. The lowest BCUT2D eigenvalue weighted by atomic mass is 10.0. The summed E-state index contributed by atoms with van der Waals surface area (Å²) >= 11 is 1.38. The van der Waals surface area contributed by atoms with Crippen molar-refractivity contribution < 1.29 is 14.4 Å². The molecule has 1 atom stereocenters. The molecule has 6 aromatic rings. The molecule has 0 aliphatic carbocycles. The zero-order valence-electron chi connectivity index (χ0n) is 27.1. The van der Waals surface area contributed by atoms with E-state index in [1.807, 2.05) is 109 Å². The van der Waals surface area contributed by atoms with Crippen LogP contribution >= 0.6 is 11.8 Å². The molecule has 0 saturated heterocycles. The minimum absolute atomic E-state index is 0.102. The van der Waals surface area contributed by atoms with Crippen molar-refractivity contribution >= 4 is 57.8 Å². The molecule has 7 nitrogen and oxygen atoms in total. The Morgan fingerprint density at radius 1 is 0.694 bits per heavy atom. The van der Waals surface area contributed by atoms with E-state index in [0.717, 1.165) is 26.9 Å². The van der Waals surface area contributed by atoms with Gasteiger partial charge in [-0.3, -0.25) is 14.4 Å². The zero-order chi connectivity index (χ0) is 34.2. The summed E-state index contributed by atoms with van der Waals surface area (Å²) in [7, 11) is 0. The average Bonchev–Trinajstić information content (AvgIpc) is 3.59. The van der Waals surface area contributed by atoms with E-state index < -0.39 is 17.1 Å². The van der Waals surface area contributed by atoms with Crippen molar-refractivity contribution in [2.24, 2.45) is 0 Å². The zero-order valence-corrected chi connectivity index (χ0v) is 28.0. The number of H-pyrrole nitrogens is 1. The molecule has 4 N–H and O–H groups in total. The summed E-state index contributed by atoms with van der Waals surface area (Å²) in [5, 5.41) is 9.32. The van der Waals surface area contributed by atoms with Gasteiger partial charge in [-0.05, 0) is 82.6 Å². The third-order valence-corrected chi connectivity index (χ3v) is 9.20. The van der Waals surface area contributed by atoms with Crippen molar-refractivity contribution in [2.75, 3.05) is 10.6 Å². The first-order chi connectivity index (χ1) is 23.8. The van der Waals surface area contributed by atoms with Crippen molar-refractivity contribution in [3.8, 4) is 0 Å². The van der Waals surface area contributed by atoms with Crippen molar-refractivity contribution in [3.63, 3.8) is 0 Å². The van der Waals surface area contributed by atoms with Gasteiger partial charge in [0.2, 0.25) is 5.91 Å². The van der Waals surface area contributed by atoms with Crippen molar-refractivity contribution in [2.45, 2.75) is 29.9 Å². The molecular formula is C41H36N4O3S. The van der Waals surface area contributed by atoms with E-state index in [-0.39, 0.29) is 11.6 Å². The van der Waals surface area contributed by atoms with E-state index in [9.17, 15) is 14.4 Å². The number of thioether (sulfide) groups is 1. The molecule has 5 aromatic carbocycles. The Labute approximate surface area is 289 Å². The van der Waals surface area contributed by atoms with Gasteiger partial charge < -0.3 is 20.9 Å². The van der Waals surface area contributed by atoms with Gasteiger partial charge in [0.1, 0.15) is 10.9 Å². The van der Waals surface area contributed by atoms with Gasteiger partial charge in [0.15, 0.2) is 0 Å². The molecule has 3 amide bonds. The molecule has 0 aliphatic heterocycles. The van der Waals surface area contributed by atoms with E-state index in [2.05, 4.69) is 34.8 Å². The van der Waals surface area contributed by atoms with Crippen LogP contribution in [0.3, 0.4) is 0 Å². The maximum atomic E-state index is 13.7. The van der Waals surface area contributed by atoms with Gasteiger partial charge >= 0.3 is 0 Å². The third kappa shape index (κ3) is 8.54. The number of anilines is 2. The number of nitrogens with one attached hydrogen (secondary N) is 4. The fraction of sp³-hybridized carbons (Fsp3) is 0.0976. The molecule has 0 saturated carbocycles. The smallest absolute Gasteiger partial charge is 0.272 e. The van der Waals surface area contributed by atoms with Crippen LogP contribution in [-0.2, 0) is 9.59 Å². The predicted molar refractivity (Wildman–Crippen MR) is 199 cm³/mol. The van der Waals surface area contributed by atoms with Crippen molar-refractivity contribution in [3.05, 3.63) is 168 Å². The molecule has 8 heteroatoms. The Morgan fingerprint density at radius 2 is 1.41 bits per heavy atom. The van der Waals surface area contributed by atoms with Crippen LogP contribution in [0.5, 0.6) is 0 Å². The van der Waals surface area contributed by atoms with Gasteiger partial charge in [-0.1, -0.05) is 98.8 Å². The average molecular weight is 665 g/mol.